The largest absolute Gasteiger partial charge is 0.400 e. The number of aliphatic hydroxyl groups is 1. The van der Waals surface area contributed by atoms with Crippen molar-refractivity contribution in [3.8, 4) is 0 Å². The predicted octanol–water partition coefficient (Wildman–Crippen LogP) is 2.13. The fraction of sp³-hybridized carbons (Fsp3) is 0.440. The molecule has 4 rings (SSSR count). The predicted molar refractivity (Wildman–Crippen MR) is 163 cm³/mol. The second-order valence-corrected chi connectivity index (χ2v) is 12.5. The quantitative estimate of drug-likeness (QED) is 0.296. The minimum absolute atomic E-state index is 0. The van der Waals surface area contributed by atoms with E-state index in [1.165, 1.54) is 12.1 Å². The number of benzene rings is 2. The van der Waals surface area contributed by atoms with Gasteiger partial charge in [0, 0.05) is 33.0 Å². The van der Waals surface area contributed by atoms with Gasteiger partial charge in [-0.3, -0.25) is 19.4 Å². The molecule has 230 valence electrons. The van der Waals surface area contributed by atoms with Gasteiger partial charge in [-0.25, -0.2) is 25.6 Å². The summed E-state index contributed by atoms with van der Waals surface area (Å²) in [6.07, 6.45) is 3.05. The van der Waals surface area contributed by atoms with Crippen LogP contribution in [0.3, 0.4) is 0 Å². The average Bonchev–Trinajstić information content (AvgIpc) is 3.58. The van der Waals surface area contributed by atoms with E-state index < -0.39 is 31.7 Å². The first-order valence-electron chi connectivity index (χ1n) is 12.2. The lowest BCUT2D eigenvalue weighted by Crippen LogP contribution is -2.21. The highest BCUT2D eigenvalue weighted by atomic mass is 35.5. The summed E-state index contributed by atoms with van der Waals surface area (Å²) in [4.78, 5) is 8.51. The van der Waals surface area contributed by atoms with Crippen molar-refractivity contribution >= 4 is 55.5 Å². The second kappa shape index (κ2) is 15.8. The summed E-state index contributed by atoms with van der Waals surface area (Å²) in [6, 6.07) is 6.31. The van der Waals surface area contributed by atoms with E-state index in [0.717, 1.165) is 68.6 Å². The van der Waals surface area contributed by atoms with Crippen LogP contribution in [0.4, 0.5) is 20.2 Å². The number of nitrogens with zero attached hydrogens (tertiary/aromatic N) is 2. The van der Waals surface area contributed by atoms with Crippen LogP contribution in [0, 0.1) is 25.5 Å². The topological polar surface area (TPSA) is 161 Å². The molecule has 0 aliphatic carbocycles. The van der Waals surface area contributed by atoms with Crippen LogP contribution in [0.2, 0.25) is 0 Å². The Morgan fingerprint density at radius 2 is 1.10 bits per heavy atom. The second-order valence-electron chi connectivity index (χ2n) is 9.03. The molecule has 0 amide bonds. The van der Waals surface area contributed by atoms with Crippen molar-refractivity contribution in [1.82, 2.24) is 10.6 Å². The van der Waals surface area contributed by atoms with Crippen molar-refractivity contribution in [3.63, 3.8) is 0 Å². The molecule has 0 aromatic heterocycles. The molecule has 0 radical (unpaired) electrons. The normalized spacial score (nSPS) is 14.0. The van der Waals surface area contributed by atoms with Crippen LogP contribution in [0.1, 0.15) is 22.3 Å². The first-order valence-corrected chi connectivity index (χ1v) is 16.0. The molecule has 41 heavy (non-hydrogen) atoms. The fourth-order valence-electron chi connectivity index (χ4n) is 3.88. The highest BCUT2D eigenvalue weighted by Gasteiger charge is 2.16. The maximum absolute atomic E-state index is 14.1. The molecule has 2 aliphatic rings. The summed E-state index contributed by atoms with van der Waals surface area (Å²) in [5.74, 6) is 0.598. The van der Waals surface area contributed by atoms with Crippen LogP contribution in [0.15, 0.2) is 34.3 Å². The highest BCUT2D eigenvalue weighted by Crippen LogP contribution is 2.24. The Balaban J connectivity index is 0.000000378. The van der Waals surface area contributed by atoms with Crippen LogP contribution >= 0.6 is 12.4 Å². The van der Waals surface area contributed by atoms with Crippen LogP contribution in [-0.2, 0) is 32.9 Å². The van der Waals surface area contributed by atoms with E-state index in [9.17, 15) is 25.6 Å². The van der Waals surface area contributed by atoms with Crippen LogP contribution in [-0.4, -0.2) is 79.4 Å². The molecule has 16 heteroatoms. The van der Waals surface area contributed by atoms with E-state index >= 15 is 0 Å². The number of amidine groups is 2. The molecule has 0 bridgehead atoms. The number of aliphatic imine (C=N–C) groups is 2. The van der Waals surface area contributed by atoms with Gasteiger partial charge in [0.1, 0.15) is 23.3 Å². The van der Waals surface area contributed by atoms with Gasteiger partial charge in [-0.05, 0) is 48.2 Å². The molecular weight excluding hydrogens is 602 g/mol. The summed E-state index contributed by atoms with van der Waals surface area (Å²) in [5.41, 5.74) is 2.42. The molecular formula is C25H37ClF2N6O5S2. The molecule has 0 saturated heterocycles. The lowest BCUT2D eigenvalue weighted by Gasteiger charge is -2.12. The van der Waals surface area contributed by atoms with Crippen LogP contribution in [0.5, 0.6) is 0 Å². The zero-order chi connectivity index (χ0) is 30.1. The zero-order valence-electron chi connectivity index (χ0n) is 23.5. The van der Waals surface area contributed by atoms with Gasteiger partial charge in [0.15, 0.2) is 0 Å². The van der Waals surface area contributed by atoms with Gasteiger partial charge in [-0.15, -0.1) is 12.4 Å². The number of sulfonamides is 2. The Bertz CT molecular complexity index is 1370. The van der Waals surface area contributed by atoms with Crippen molar-refractivity contribution in [2.24, 2.45) is 9.98 Å². The standard InChI is InChI=1S/2C12H16FN3O2S.CH4O.ClH/c2*1-8-9(7-11-14-5-6-15-11)3-4-10(12(8)13)16-19(2,17)18;1-2;/h2*3-4,16H,5-7H2,1-2H3,(H,14,15);2H,1H3;1H. The summed E-state index contributed by atoms with van der Waals surface area (Å²) < 4.78 is 77.0. The SMILES string of the molecule is CO.Cc1c(CC2=NCCN2)ccc(NS(C)(=O)=O)c1F.Cc1c(CC2=NCCN2)ccc(NS(C)(=O)=O)c1F.Cl. The number of rotatable bonds is 8. The minimum atomic E-state index is -3.48. The fourth-order valence-corrected chi connectivity index (χ4v) is 5.00. The van der Waals surface area contributed by atoms with Crippen molar-refractivity contribution in [1.29, 1.82) is 0 Å². The third-order valence-corrected chi connectivity index (χ3v) is 6.97. The molecule has 0 unspecified atom stereocenters. The van der Waals surface area contributed by atoms with Crippen molar-refractivity contribution in [2.75, 3.05) is 55.2 Å². The third-order valence-electron chi connectivity index (χ3n) is 5.79. The zero-order valence-corrected chi connectivity index (χ0v) is 26.0. The van der Waals surface area contributed by atoms with E-state index in [2.05, 4.69) is 30.1 Å². The van der Waals surface area contributed by atoms with Gasteiger partial charge in [0.25, 0.3) is 0 Å². The number of hydrogen-bond donors (Lipinski definition) is 5. The molecule has 2 aromatic carbocycles. The van der Waals surface area contributed by atoms with E-state index in [0.29, 0.717) is 24.0 Å². The van der Waals surface area contributed by atoms with Gasteiger partial charge in [0.2, 0.25) is 20.0 Å². The summed E-state index contributed by atoms with van der Waals surface area (Å²) in [6.45, 7) is 6.37. The highest BCUT2D eigenvalue weighted by molar-refractivity contribution is 7.92. The molecule has 11 nitrogen and oxygen atoms in total. The number of nitrogens with one attached hydrogen (secondary N) is 4. The monoisotopic (exact) mass is 638 g/mol. The van der Waals surface area contributed by atoms with E-state index in [1.54, 1.807) is 26.0 Å². The Morgan fingerprint density at radius 1 is 0.756 bits per heavy atom. The van der Waals surface area contributed by atoms with Crippen LogP contribution in [0.25, 0.3) is 0 Å². The maximum atomic E-state index is 14.1. The molecule has 0 atom stereocenters. The van der Waals surface area contributed by atoms with E-state index in [-0.39, 0.29) is 23.8 Å². The minimum Gasteiger partial charge on any atom is -0.400 e. The first-order chi connectivity index (χ1) is 18.7. The molecule has 2 aliphatic heterocycles. The third kappa shape index (κ3) is 11.4. The summed E-state index contributed by atoms with van der Waals surface area (Å²) in [5, 5.41) is 13.2. The Morgan fingerprint density at radius 3 is 1.37 bits per heavy atom. The van der Waals surface area contributed by atoms with Gasteiger partial charge >= 0.3 is 0 Å². The van der Waals surface area contributed by atoms with Crippen molar-refractivity contribution in [2.45, 2.75) is 26.7 Å². The van der Waals surface area contributed by atoms with E-state index in [4.69, 9.17) is 5.11 Å². The molecule has 0 spiro atoms. The molecule has 5 N–H and O–H groups in total. The first kappa shape index (κ1) is 36.0. The smallest absolute Gasteiger partial charge is 0.229 e. The van der Waals surface area contributed by atoms with Crippen molar-refractivity contribution < 1.29 is 30.7 Å². The van der Waals surface area contributed by atoms with Gasteiger partial charge in [0.05, 0.1) is 37.0 Å². The maximum Gasteiger partial charge on any atom is 0.229 e. The summed E-state index contributed by atoms with van der Waals surface area (Å²) >= 11 is 0. The lowest BCUT2D eigenvalue weighted by atomic mass is 10.0. The number of hydrogen-bond acceptors (Lipinski definition) is 9. The molecule has 2 heterocycles. The molecule has 0 saturated carbocycles. The Hall–Kier alpha value is -3.01. The molecule has 2 aromatic rings. The van der Waals surface area contributed by atoms with Gasteiger partial charge in [-0.2, -0.15) is 0 Å². The van der Waals surface area contributed by atoms with Crippen LogP contribution < -0.4 is 20.1 Å². The van der Waals surface area contributed by atoms with Gasteiger partial charge < -0.3 is 15.7 Å². The van der Waals surface area contributed by atoms with E-state index in [1.807, 2.05) is 0 Å². The Labute approximate surface area is 246 Å². The Kier molecular flexibility index (Phi) is 13.9. The van der Waals surface area contributed by atoms with Gasteiger partial charge in [-0.1, -0.05) is 12.1 Å². The molecule has 0 fully saturated rings. The summed E-state index contributed by atoms with van der Waals surface area (Å²) in [7, 11) is -5.96. The number of halogens is 3. The lowest BCUT2D eigenvalue weighted by molar-refractivity contribution is 0.399. The average molecular weight is 639 g/mol. The number of aliphatic hydroxyl groups excluding tert-OH is 1. The number of anilines is 2. The van der Waals surface area contributed by atoms with Crippen molar-refractivity contribution in [3.05, 3.63) is 58.2 Å².